The second-order valence-corrected chi connectivity index (χ2v) is 8.40. The molecule has 28 heavy (non-hydrogen) atoms. The molecule has 0 heterocycles. The van der Waals surface area contributed by atoms with Crippen LogP contribution in [0.5, 0.6) is 0 Å². The van der Waals surface area contributed by atoms with Crippen LogP contribution in [0.3, 0.4) is 0 Å². The largest absolute Gasteiger partial charge is 0.352 e. The van der Waals surface area contributed by atoms with Crippen molar-refractivity contribution in [1.29, 1.82) is 0 Å². The number of nitrogens with zero attached hydrogens (tertiary/aromatic N) is 3. The zero-order chi connectivity index (χ0) is 20.0. The van der Waals surface area contributed by atoms with Crippen LogP contribution in [0.15, 0.2) is 58.4 Å². The van der Waals surface area contributed by atoms with Gasteiger partial charge in [-0.3, -0.25) is 4.99 Å². The van der Waals surface area contributed by atoms with Gasteiger partial charge in [0, 0.05) is 41.3 Å². The van der Waals surface area contributed by atoms with E-state index >= 15 is 0 Å². The van der Waals surface area contributed by atoms with Crippen LogP contribution < -0.4 is 5.32 Å². The molecular weight excluding hydrogens is 494 g/mol. The first-order valence-corrected chi connectivity index (χ1v) is 9.86. The number of halogens is 2. The highest BCUT2D eigenvalue weighted by atomic mass is 127. The Hall–Kier alpha value is -1.72. The van der Waals surface area contributed by atoms with Crippen molar-refractivity contribution in [2.75, 3.05) is 28.2 Å². The molecule has 0 saturated carbocycles. The molecule has 0 amide bonds. The summed E-state index contributed by atoms with van der Waals surface area (Å²) in [5.41, 5.74) is 1.46. The van der Waals surface area contributed by atoms with Gasteiger partial charge >= 0.3 is 0 Å². The zero-order valence-electron chi connectivity index (χ0n) is 16.4. The Morgan fingerprint density at radius 2 is 1.79 bits per heavy atom. The Balaban J connectivity index is 0.00000392. The Kier molecular flexibility index (Phi) is 9.31. The first-order chi connectivity index (χ1) is 12.8. The standard InChI is InChI=1S/C19H25FN4O2S.HI/c1-21-19(24(4)14-15-8-7-10-17(20)12-15)22-13-16-9-5-6-11-18(16)27(25,26)23(2)3;/h5-12H,13-14H2,1-4H3,(H,21,22);1H. The third-order valence-electron chi connectivity index (χ3n) is 4.05. The van der Waals surface area contributed by atoms with Crippen molar-refractivity contribution >= 4 is 40.0 Å². The lowest BCUT2D eigenvalue weighted by Gasteiger charge is -2.23. The van der Waals surface area contributed by atoms with Gasteiger partial charge < -0.3 is 10.2 Å². The van der Waals surface area contributed by atoms with E-state index in [2.05, 4.69) is 10.3 Å². The summed E-state index contributed by atoms with van der Waals surface area (Å²) in [4.78, 5) is 6.33. The predicted molar refractivity (Wildman–Crippen MR) is 121 cm³/mol. The van der Waals surface area contributed by atoms with Crippen LogP contribution >= 0.6 is 24.0 Å². The first kappa shape index (κ1) is 24.3. The van der Waals surface area contributed by atoms with Crippen molar-refractivity contribution in [3.05, 3.63) is 65.5 Å². The van der Waals surface area contributed by atoms with Gasteiger partial charge in [0.1, 0.15) is 5.82 Å². The van der Waals surface area contributed by atoms with Crippen molar-refractivity contribution in [1.82, 2.24) is 14.5 Å². The van der Waals surface area contributed by atoms with Gasteiger partial charge in [-0.1, -0.05) is 30.3 Å². The van der Waals surface area contributed by atoms with E-state index in [9.17, 15) is 12.8 Å². The molecule has 0 radical (unpaired) electrons. The van der Waals surface area contributed by atoms with Gasteiger partial charge in [0.2, 0.25) is 10.0 Å². The van der Waals surface area contributed by atoms with Crippen LogP contribution in [0, 0.1) is 5.82 Å². The molecule has 0 saturated heterocycles. The van der Waals surface area contributed by atoms with E-state index < -0.39 is 10.0 Å². The SMILES string of the molecule is CN=C(NCc1ccccc1S(=O)(=O)N(C)C)N(C)Cc1cccc(F)c1.I. The average Bonchev–Trinajstić information content (AvgIpc) is 2.62. The van der Waals surface area contributed by atoms with Crippen molar-refractivity contribution in [2.24, 2.45) is 4.99 Å². The molecule has 2 rings (SSSR count). The van der Waals surface area contributed by atoms with Crippen LogP contribution in [0.2, 0.25) is 0 Å². The minimum absolute atomic E-state index is 0. The lowest BCUT2D eigenvalue weighted by molar-refractivity contribution is 0.474. The molecule has 0 aliphatic heterocycles. The van der Waals surface area contributed by atoms with E-state index in [1.54, 1.807) is 37.4 Å². The Morgan fingerprint density at radius 1 is 1.11 bits per heavy atom. The van der Waals surface area contributed by atoms with Crippen LogP contribution in [-0.2, 0) is 23.1 Å². The van der Waals surface area contributed by atoms with Gasteiger partial charge in [-0.05, 0) is 29.3 Å². The van der Waals surface area contributed by atoms with E-state index in [1.165, 1.54) is 30.5 Å². The molecule has 0 spiro atoms. The Bertz CT molecular complexity index is 920. The van der Waals surface area contributed by atoms with Gasteiger partial charge in [0.05, 0.1) is 4.90 Å². The number of hydrogen-bond donors (Lipinski definition) is 1. The maximum Gasteiger partial charge on any atom is 0.242 e. The molecule has 1 N–H and O–H groups in total. The molecule has 9 heteroatoms. The van der Waals surface area contributed by atoms with Crippen LogP contribution in [0.1, 0.15) is 11.1 Å². The molecule has 2 aromatic carbocycles. The van der Waals surface area contributed by atoms with Crippen LogP contribution in [0.4, 0.5) is 4.39 Å². The first-order valence-electron chi connectivity index (χ1n) is 8.42. The van der Waals surface area contributed by atoms with Gasteiger partial charge in [0.25, 0.3) is 0 Å². The molecule has 6 nitrogen and oxygen atoms in total. The minimum atomic E-state index is -3.54. The summed E-state index contributed by atoms with van der Waals surface area (Å²) in [5.74, 6) is 0.294. The summed E-state index contributed by atoms with van der Waals surface area (Å²) < 4.78 is 39.5. The second-order valence-electron chi connectivity index (χ2n) is 6.28. The number of aliphatic imine (C=N–C) groups is 1. The smallest absolute Gasteiger partial charge is 0.242 e. The van der Waals surface area contributed by atoms with E-state index in [0.717, 1.165) is 5.56 Å². The van der Waals surface area contributed by atoms with Crippen molar-refractivity contribution in [2.45, 2.75) is 18.0 Å². The summed E-state index contributed by atoms with van der Waals surface area (Å²) in [6, 6.07) is 13.2. The summed E-state index contributed by atoms with van der Waals surface area (Å²) >= 11 is 0. The van der Waals surface area contributed by atoms with Crippen LogP contribution in [0.25, 0.3) is 0 Å². The number of sulfonamides is 1. The van der Waals surface area contributed by atoms with E-state index in [-0.39, 0.29) is 34.7 Å². The number of nitrogens with one attached hydrogen (secondary N) is 1. The number of benzene rings is 2. The fourth-order valence-electron chi connectivity index (χ4n) is 2.64. The zero-order valence-corrected chi connectivity index (χ0v) is 19.5. The van der Waals surface area contributed by atoms with E-state index in [0.29, 0.717) is 24.6 Å². The Morgan fingerprint density at radius 3 is 2.39 bits per heavy atom. The number of rotatable bonds is 6. The van der Waals surface area contributed by atoms with Crippen molar-refractivity contribution in [3.8, 4) is 0 Å². The fraction of sp³-hybridized carbons (Fsp3) is 0.316. The predicted octanol–water partition coefficient (Wildman–Crippen LogP) is 2.90. The monoisotopic (exact) mass is 520 g/mol. The molecule has 0 unspecified atom stereocenters. The van der Waals surface area contributed by atoms with Gasteiger partial charge in [0.15, 0.2) is 5.96 Å². The molecule has 154 valence electrons. The lowest BCUT2D eigenvalue weighted by Crippen LogP contribution is -2.38. The third kappa shape index (κ3) is 6.14. The third-order valence-corrected chi connectivity index (χ3v) is 5.97. The summed E-state index contributed by atoms with van der Waals surface area (Å²) in [7, 11) is 2.95. The van der Waals surface area contributed by atoms with E-state index in [1.807, 2.05) is 18.0 Å². The Labute approximate surface area is 183 Å². The molecule has 0 aromatic heterocycles. The van der Waals surface area contributed by atoms with Crippen molar-refractivity contribution in [3.63, 3.8) is 0 Å². The molecule has 0 fully saturated rings. The van der Waals surface area contributed by atoms with Gasteiger partial charge in [-0.2, -0.15) is 0 Å². The summed E-state index contributed by atoms with van der Waals surface area (Å²) in [6.45, 7) is 0.762. The highest BCUT2D eigenvalue weighted by Crippen LogP contribution is 2.18. The summed E-state index contributed by atoms with van der Waals surface area (Å²) in [5, 5.41) is 3.17. The molecular formula is C19H26FIN4O2S. The summed E-state index contributed by atoms with van der Waals surface area (Å²) in [6.07, 6.45) is 0. The maximum atomic E-state index is 13.4. The number of hydrogen-bond acceptors (Lipinski definition) is 3. The van der Waals surface area contributed by atoms with Gasteiger partial charge in [-0.25, -0.2) is 17.1 Å². The normalized spacial score (nSPS) is 11.9. The van der Waals surface area contributed by atoms with Crippen LogP contribution in [-0.4, -0.2) is 51.8 Å². The van der Waals surface area contributed by atoms with Crippen molar-refractivity contribution < 1.29 is 12.8 Å². The average molecular weight is 520 g/mol. The molecule has 0 aliphatic rings. The molecule has 2 aromatic rings. The fourth-order valence-corrected chi connectivity index (χ4v) is 3.76. The molecule has 0 aliphatic carbocycles. The topological polar surface area (TPSA) is 65.0 Å². The maximum absolute atomic E-state index is 13.4. The quantitative estimate of drug-likeness (QED) is 0.362. The highest BCUT2D eigenvalue weighted by Gasteiger charge is 2.20. The van der Waals surface area contributed by atoms with E-state index in [4.69, 9.17) is 0 Å². The lowest BCUT2D eigenvalue weighted by atomic mass is 10.2. The molecule has 0 bridgehead atoms. The highest BCUT2D eigenvalue weighted by molar-refractivity contribution is 14.0. The molecule has 0 atom stereocenters. The number of guanidine groups is 1. The minimum Gasteiger partial charge on any atom is -0.352 e. The second kappa shape index (κ2) is 10.7. The van der Waals surface area contributed by atoms with Gasteiger partial charge in [-0.15, -0.1) is 24.0 Å².